The molecule has 18 heavy (non-hydrogen) atoms. The minimum Gasteiger partial charge on any atom is -0.309 e. The quantitative estimate of drug-likeness (QED) is 0.859. The summed E-state index contributed by atoms with van der Waals surface area (Å²) in [5.41, 5.74) is 4.04. The van der Waals surface area contributed by atoms with Gasteiger partial charge in [0.1, 0.15) is 0 Å². The summed E-state index contributed by atoms with van der Waals surface area (Å²) in [5.74, 6) is 0. The van der Waals surface area contributed by atoms with Crippen LogP contribution in [0.3, 0.4) is 0 Å². The Morgan fingerprint density at radius 3 is 2.33 bits per heavy atom. The maximum Gasteiger partial charge on any atom is 0.0673 e. The predicted molar refractivity (Wildman–Crippen MR) is 83.6 cm³/mol. The Kier molecular flexibility index (Phi) is 4.25. The molecular weight excluding hydrogens is 306 g/mol. The molecule has 1 atom stereocenters. The summed E-state index contributed by atoms with van der Waals surface area (Å²) in [6.45, 7) is 6.53. The van der Waals surface area contributed by atoms with Crippen molar-refractivity contribution in [3.05, 3.63) is 55.2 Å². The van der Waals surface area contributed by atoms with Crippen molar-refractivity contribution in [1.29, 1.82) is 0 Å². The van der Waals surface area contributed by atoms with Gasteiger partial charge in [0.15, 0.2) is 0 Å². The summed E-state index contributed by atoms with van der Waals surface area (Å²) >= 11 is 5.40. The third-order valence-corrected chi connectivity index (χ3v) is 4.88. The standard InChI is InChI=1S/C15H18BrNS/c1-9-8-12(16)5-6-13(9)14(17-4)15-10(2)7-11(3)18-15/h5-8,14,17H,1-4H3. The van der Waals surface area contributed by atoms with E-state index >= 15 is 0 Å². The molecule has 0 spiro atoms. The fourth-order valence-electron chi connectivity index (χ4n) is 2.34. The molecule has 0 fully saturated rings. The Bertz CT molecular complexity index is 560. The first-order valence-electron chi connectivity index (χ1n) is 6.03. The Labute approximate surface area is 121 Å². The molecule has 1 aromatic heterocycles. The second kappa shape index (κ2) is 5.55. The van der Waals surface area contributed by atoms with Gasteiger partial charge < -0.3 is 5.32 Å². The topological polar surface area (TPSA) is 12.0 Å². The molecule has 0 aliphatic rings. The molecule has 1 nitrogen and oxygen atoms in total. The van der Waals surface area contributed by atoms with Crippen molar-refractivity contribution < 1.29 is 0 Å². The van der Waals surface area contributed by atoms with Crippen molar-refractivity contribution in [2.24, 2.45) is 0 Å². The summed E-state index contributed by atoms with van der Waals surface area (Å²) in [7, 11) is 2.03. The molecule has 0 bridgehead atoms. The zero-order valence-electron chi connectivity index (χ0n) is 11.2. The Morgan fingerprint density at radius 2 is 1.83 bits per heavy atom. The van der Waals surface area contributed by atoms with Gasteiger partial charge in [0.05, 0.1) is 6.04 Å². The van der Waals surface area contributed by atoms with Gasteiger partial charge >= 0.3 is 0 Å². The Morgan fingerprint density at radius 1 is 1.11 bits per heavy atom. The lowest BCUT2D eigenvalue weighted by molar-refractivity contribution is 0.696. The van der Waals surface area contributed by atoms with Gasteiger partial charge in [-0.25, -0.2) is 0 Å². The van der Waals surface area contributed by atoms with Gasteiger partial charge in [0.2, 0.25) is 0 Å². The highest BCUT2D eigenvalue weighted by atomic mass is 79.9. The number of benzene rings is 1. The highest BCUT2D eigenvalue weighted by molar-refractivity contribution is 9.10. The van der Waals surface area contributed by atoms with Crippen LogP contribution in [0.2, 0.25) is 0 Å². The normalized spacial score (nSPS) is 12.7. The molecule has 0 radical (unpaired) electrons. The largest absolute Gasteiger partial charge is 0.309 e. The van der Waals surface area contributed by atoms with Crippen LogP contribution in [-0.4, -0.2) is 7.05 Å². The smallest absolute Gasteiger partial charge is 0.0673 e. The van der Waals surface area contributed by atoms with E-state index in [2.05, 4.69) is 66.3 Å². The van der Waals surface area contributed by atoms with E-state index in [-0.39, 0.29) is 6.04 Å². The molecule has 96 valence electrons. The number of halogens is 1. The first kappa shape index (κ1) is 13.8. The second-order valence-corrected chi connectivity index (χ2v) is 6.83. The van der Waals surface area contributed by atoms with Crippen LogP contribution in [0.15, 0.2) is 28.7 Å². The number of aryl methyl sites for hydroxylation is 3. The van der Waals surface area contributed by atoms with E-state index in [1.165, 1.54) is 26.4 Å². The van der Waals surface area contributed by atoms with Crippen LogP contribution < -0.4 is 5.32 Å². The van der Waals surface area contributed by atoms with E-state index in [0.29, 0.717) is 0 Å². The highest BCUT2D eigenvalue weighted by Gasteiger charge is 2.18. The molecule has 1 aromatic carbocycles. The van der Waals surface area contributed by atoms with E-state index in [1.54, 1.807) is 0 Å². The summed E-state index contributed by atoms with van der Waals surface area (Å²) in [6, 6.07) is 9.04. The summed E-state index contributed by atoms with van der Waals surface area (Å²) in [4.78, 5) is 2.79. The lowest BCUT2D eigenvalue weighted by Crippen LogP contribution is -2.18. The molecule has 0 aliphatic heterocycles. The molecule has 1 N–H and O–H groups in total. The van der Waals surface area contributed by atoms with Crippen molar-refractivity contribution in [2.45, 2.75) is 26.8 Å². The minimum absolute atomic E-state index is 0.289. The number of thiophene rings is 1. The molecular formula is C15H18BrNS. The molecule has 0 saturated heterocycles. The van der Waals surface area contributed by atoms with Gasteiger partial charge in [-0.1, -0.05) is 22.0 Å². The van der Waals surface area contributed by atoms with Gasteiger partial charge in [-0.3, -0.25) is 0 Å². The first-order chi connectivity index (χ1) is 8.52. The third kappa shape index (κ3) is 2.68. The molecule has 0 aliphatic carbocycles. The number of nitrogens with one attached hydrogen (secondary N) is 1. The van der Waals surface area contributed by atoms with Crippen molar-refractivity contribution >= 4 is 27.3 Å². The summed E-state index contributed by atoms with van der Waals surface area (Å²) < 4.78 is 1.14. The minimum atomic E-state index is 0.289. The van der Waals surface area contributed by atoms with Crippen LogP contribution >= 0.6 is 27.3 Å². The van der Waals surface area contributed by atoms with E-state index in [0.717, 1.165) is 4.47 Å². The van der Waals surface area contributed by atoms with Crippen LogP contribution in [0.25, 0.3) is 0 Å². The van der Waals surface area contributed by atoms with Gasteiger partial charge in [-0.05, 0) is 62.7 Å². The van der Waals surface area contributed by atoms with Gasteiger partial charge in [0, 0.05) is 14.2 Å². The highest BCUT2D eigenvalue weighted by Crippen LogP contribution is 2.33. The first-order valence-corrected chi connectivity index (χ1v) is 7.64. The fraction of sp³-hybridized carbons (Fsp3) is 0.333. The SMILES string of the molecule is CNC(c1ccc(Br)cc1C)c1sc(C)cc1C. The maximum atomic E-state index is 3.52. The predicted octanol–water partition coefficient (Wildman–Crippen LogP) is 4.74. The van der Waals surface area contributed by atoms with Crippen molar-refractivity contribution in [3.8, 4) is 0 Å². The van der Waals surface area contributed by atoms with Gasteiger partial charge in [0.25, 0.3) is 0 Å². The van der Waals surface area contributed by atoms with Crippen LogP contribution in [0, 0.1) is 20.8 Å². The zero-order chi connectivity index (χ0) is 13.3. The molecule has 1 heterocycles. The number of rotatable bonds is 3. The third-order valence-electron chi connectivity index (χ3n) is 3.17. The summed E-state index contributed by atoms with van der Waals surface area (Å²) in [5, 5.41) is 3.44. The van der Waals surface area contributed by atoms with Gasteiger partial charge in [-0.15, -0.1) is 11.3 Å². The lowest BCUT2D eigenvalue weighted by Gasteiger charge is -2.19. The van der Waals surface area contributed by atoms with Crippen LogP contribution in [0.4, 0.5) is 0 Å². The monoisotopic (exact) mass is 323 g/mol. The van der Waals surface area contributed by atoms with E-state index < -0.39 is 0 Å². The molecule has 1 unspecified atom stereocenters. The average Bonchev–Trinajstić information content (AvgIpc) is 2.62. The molecule has 3 heteroatoms. The zero-order valence-corrected chi connectivity index (χ0v) is 13.6. The fourth-order valence-corrected chi connectivity index (χ4v) is 3.98. The molecule has 2 rings (SSSR count). The van der Waals surface area contributed by atoms with Crippen LogP contribution in [0.5, 0.6) is 0 Å². The van der Waals surface area contributed by atoms with Crippen molar-refractivity contribution in [2.75, 3.05) is 7.05 Å². The van der Waals surface area contributed by atoms with Crippen LogP contribution in [0.1, 0.15) is 32.5 Å². The van der Waals surface area contributed by atoms with Gasteiger partial charge in [-0.2, -0.15) is 0 Å². The molecule has 0 amide bonds. The van der Waals surface area contributed by atoms with Crippen LogP contribution in [-0.2, 0) is 0 Å². The molecule has 2 aromatic rings. The molecule has 0 saturated carbocycles. The number of hydrogen-bond donors (Lipinski definition) is 1. The van der Waals surface area contributed by atoms with E-state index in [1.807, 2.05) is 18.4 Å². The lowest BCUT2D eigenvalue weighted by atomic mass is 9.98. The van der Waals surface area contributed by atoms with Crippen molar-refractivity contribution in [3.63, 3.8) is 0 Å². The second-order valence-electron chi connectivity index (χ2n) is 4.63. The number of hydrogen-bond acceptors (Lipinski definition) is 2. The van der Waals surface area contributed by atoms with E-state index in [9.17, 15) is 0 Å². The average molecular weight is 324 g/mol. The van der Waals surface area contributed by atoms with Crippen molar-refractivity contribution in [1.82, 2.24) is 5.32 Å². The van der Waals surface area contributed by atoms with E-state index in [4.69, 9.17) is 0 Å². The Hall–Kier alpha value is -0.640. The maximum absolute atomic E-state index is 3.52. The Balaban J connectivity index is 2.48. The summed E-state index contributed by atoms with van der Waals surface area (Å²) in [6.07, 6.45) is 0.